The van der Waals surface area contributed by atoms with Gasteiger partial charge >= 0.3 is 0 Å². The van der Waals surface area contributed by atoms with Gasteiger partial charge in [-0.15, -0.1) is 0 Å². The number of imidazole rings is 1. The zero-order valence-corrected chi connectivity index (χ0v) is 36.3. The molecule has 1 saturated heterocycles. The van der Waals surface area contributed by atoms with E-state index in [0.29, 0.717) is 78.0 Å². The third-order valence-corrected chi connectivity index (χ3v) is 12.1. The largest absolute Gasteiger partial charge is 0.497 e. The van der Waals surface area contributed by atoms with Gasteiger partial charge in [0.05, 0.1) is 25.2 Å². The second kappa shape index (κ2) is 20.0. The number of rotatable bonds is 19. The van der Waals surface area contributed by atoms with Gasteiger partial charge in [-0.1, -0.05) is 56.3 Å². The highest BCUT2D eigenvalue weighted by Crippen LogP contribution is 2.39. The van der Waals surface area contributed by atoms with Crippen molar-refractivity contribution in [2.75, 3.05) is 25.9 Å². The predicted octanol–water partition coefficient (Wildman–Crippen LogP) is 4.28. The summed E-state index contributed by atoms with van der Waals surface area (Å²) in [5.41, 5.74) is 9.82. The van der Waals surface area contributed by atoms with E-state index in [1.807, 2.05) is 54.6 Å². The summed E-state index contributed by atoms with van der Waals surface area (Å²) >= 11 is 0. The van der Waals surface area contributed by atoms with Crippen LogP contribution in [0, 0.1) is 11.3 Å². The summed E-state index contributed by atoms with van der Waals surface area (Å²) in [6.07, 6.45) is 0.0571. The maximum atomic E-state index is 14.0. The van der Waals surface area contributed by atoms with Gasteiger partial charge in [-0.25, -0.2) is 9.97 Å². The van der Waals surface area contributed by atoms with E-state index in [1.165, 1.54) is 6.33 Å². The molecule has 4 aromatic rings. The molecular weight excluding hydrogens is 791 g/mol. The summed E-state index contributed by atoms with van der Waals surface area (Å²) in [5.74, 6) is -0.780. The molecule has 2 amide bonds. The van der Waals surface area contributed by atoms with Gasteiger partial charge in [-0.2, -0.15) is 0 Å². The van der Waals surface area contributed by atoms with Crippen LogP contribution in [-0.4, -0.2) is 92.7 Å². The zero-order chi connectivity index (χ0) is 44.7. The number of anilines is 1. The van der Waals surface area contributed by atoms with Crippen LogP contribution in [-0.2, 0) is 36.9 Å². The number of aliphatic hydroxyl groups excluding tert-OH is 2. The van der Waals surface area contributed by atoms with Gasteiger partial charge < -0.3 is 41.4 Å². The highest BCUT2D eigenvalue weighted by atomic mass is 16.6. The lowest BCUT2D eigenvalue weighted by atomic mass is 9.71. The molecule has 0 spiro atoms. The number of aromatic nitrogens is 3. The number of Topliss-reactive ketones (excluding diaryl/α,β-unsaturated/α-hetero) is 2. The number of ether oxygens (including phenoxy) is 2. The molecule has 0 bridgehead atoms. The highest BCUT2D eigenvalue weighted by molar-refractivity contribution is 6.25. The van der Waals surface area contributed by atoms with Crippen LogP contribution >= 0.6 is 0 Å². The number of benzene rings is 2. The molecule has 1 aliphatic heterocycles. The van der Waals surface area contributed by atoms with Crippen LogP contribution in [0.4, 0.5) is 5.69 Å². The lowest BCUT2D eigenvalue weighted by molar-refractivity contribution is -0.130. The number of nitrogens with two attached hydrogens (primary N) is 1. The predicted molar refractivity (Wildman–Crippen MR) is 234 cm³/mol. The molecule has 15 heteroatoms. The minimum atomic E-state index is -1.29. The van der Waals surface area contributed by atoms with Crippen LogP contribution in [0.25, 0.3) is 11.2 Å². The number of pyridine rings is 1. The number of allylic oxidation sites excluding steroid dienone is 4. The van der Waals surface area contributed by atoms with E-state index in [0.717, 1.165) is 16.9 Å². The normalized spacial score (nSPS) is 20.5. The summed E-state index contributed by atoms with van der Waals surface area (Å²) in [6.45, 7) is 9.74. The van der Waals surface area contributed by atoms with Crippen molar-refractivity contribution in [1.82, 2.24) is 30.5 Å². The van der Waals surface area contributed by atoms with Crippen molar-refractivity contribution < 1.29 is 38.9 Å². The number of methoxy groups -OCH3 is 1. The van der Waals surface area contributed by atoms with Gasteiger partial charge in [0.2, 0.25) is 11.8 Å². The minimum Gasteiger partial charge on any atom is -0.497 e. The molecule has 2 aliphatic rings. The van der Waals surface area contributed by atoms with E-state index >= 15 is 0 Å². The summed E-state index contributed by atoms with van der Waals surface area (Å²) in [6, 6.07) is 18.1. The summed E-state index contributed by atoms with van der Waals surface area (Å²) in [5, 5.41) is 32.1. The number of nitrogens with zero attached hydrogens (tertiary/aromatic N) is 3. The maximum absolute atomic E-state index is 14.0. The number of aliphatic hydroxyl groups is 2. The molecule has 2 unspecified atom stereocenters. The lowest BCUT2D eigenvalue weighted by Crippen LogP contribution is -2.48. The van der Waals surface area contributed by atoms with E-state index < -0.39 is 41.9 Å². The topological polar surface area (TPSA) is 220 Å². The van der Waals surface area contributed by atoms with Gasteiger partial charge in [0.1, 0.15) is 29.5 Å². The molecule has 1 aliphatic carbocycles. The molecule has 2 aromatic heterocycles. The van der Waals surface area contributed by atoms with E-state index in [-0.39, 0.29) is 36.2 Å². The number of amides is 2. The number of nitrogens with one attached hydrogen (secondary N) is 3. The van der Waals surface area contributed by atoms with Crippen molar-refractivity contribution >= 4 is 40.2 Å². The van der Waals surface area contributed by atoms with Gasteiger partial charge in [0, 0.05) is 53.4 Å². The summed E-state index contributed by atoms with van der Waals surface area (Å²) in [7, 11) is 1.60. The summed E-state index contributed by atoms with van der Waals surface area (Å²) in [4.78, 5) is 63.3. The Kier molecular flexibility index (Phi) is 14.7. The van der Waals surface area contributed by atoms with Crippen LogP contribution in [0.5, 0.6) is 5.75 Å². The van der Waals surface area contributed by atoms with Crippen LogP contribution < -0.4 is 26.4 Å². The second-order valence-corrected chi connectivity index (χ2v) is 17.0. The molecule has 0 saturated carbocycles. The number of carbonyl (C=O) groups is 4. The van der Waals surface area contributed by atoms with Crippen LogP contribution in [0.3, 0.4) is 0 Å². The van der Waals surface area contributed by atoms with Crippen molar-refractivity contribution in [1.29, 1.82) is 0 Å². The molecule has 62 heavy (non-hydrogen) atoms. The van der Waals surface area contributed by atoms with Crippen molar-refractivity contribution in [2.24, 2.45) is 11.3 Å². The van der Waals surface area contributed by atoms with Crippen LogP contribution in [0.15, 0.2) is 95.5 Å². The van der Waals surface area contributed by atoms with Crippen LogP contribution in [0.1, 0.15) is 77.7 Å². The first-order chi connectivity index (χ1) is 29.6. The van der Waals surface area contributed by atoms with Gasteiger partial charge in [-0.3, -0.25) is 23.7 Å². The highest BCUT2D eigenvalue weighted by Gasteiger charge is 2.45. The molecule has 330 valence electrons. The molecule has 7 N–H and O–H groups in total. The molecule has 6 rings (SSSR count). The standard InChI is InChI=1S/C47H59N7O8/c1-27-28(2)41(57)38(29(3)40(27)56)47(4,5)23-37(55)53-35(45(60)51-20-18-30-12-15-33(61-6)16-13-30)17-14-32(25-49-24-31-10-8-7-9-11-31)22-36-42(58)43(59)46(62-36)54-26-52-39-34(48)19-21-50-44(39)54/h7-13,15-16,19,21,26,32,35-36,42-43,46,49,58-59H,14,17-18,20,22-25H2,1-6H3,(H2,48,50)(H,51,60)(H,53,55)/t32-,35?,36+,42-,43?,46+/m0/s1. The fraction of sp³-hybridized carbons (Fsp3) is 0.447. The SMILES string of the molecule is COc1ccc(CCNC(=O)C(CC[C@H](CNCc2ccccc2)C[C@H]2O[C@@H](n3cnc4c(N)ccnc43)C(O)[C@H]2O)NC(=O)CC(C)(C)C2=C(C)C(=O)C(C)=C(C)C2=O)cc1. The van der Waals surface area contributed by atoms with Crippen molar-refractivity contribution in [3.8, 4) is 5.75 Å². The quantitative estimate of drug-likeness (QED) is 0.0729. The van der Waals surface area contributed by atoms with E-state index in [1.54, 1.807) is 58.6 Å². The number of hydrogen-bond acceptors (Lipinski definition) is 12. The number of hydrogen-bond donors (Lipinski definition) is 6. The van der Waals surface area contributed by atoms with E-state index in [4.69, 9.17) is 15.2 Å². The van der Waals surface area contributed by atoms with Crippen molar-refractivity contribution in [2.45, 2.75) is 104 Å². The maximum Gasteiger partial charge on any atom is 0.242 e. The average Bonchev–Trinajstić information content (AvgIpc) is 3.81. The molecule has 2 aromatic carbocycles. The number of fused-ring (bicyclic) bond motifs is 1. The third kappa shape index (κ3) is 10.5. The first-order valence-corrected chi connectivity index (χ1v) is 21.1. The second-order valence-electron chi connectivity index (χ2n) is 17.0. The Labute approximate surface area is 362 Å². The Bertz CT molecular complexity index is 2320. The fourth-order valence-corrected chi connectivity index (χ4v) is 8.50. The van der Waals surface area contributed by atoms with E-state index in [9.17, 15) is 29.4 Å². The van der Waals surface area contributed by atoms with Gasteiger partial charge in [0.15, 0.2) is 23.4 Å². The number of nitrogen functional groups attached to an aromatic ring is 1. The lowest BCUT2D eigenvalue weighted by Gasteiger charge is -2.32. The Morgan fingerprint density at radius 2 is 1.63 bits per heavy atom. The average molecular weight is 850 g/mol. The Balaban J connectivity index is 1.20. The first-order valence-electron chi connectivity index (χ1n) is 21.1. The Morgan fingerprint density at radius 1 is 0.919 bits per heavy atom. The Hall–Kier alpha value is -5.74. The van der Waals surface area contributed by atoms with Crippen molar-refractivity contribution in [3.63, 3.8) is 0 Å². The molecule has 6 atom stereocenters. The molecule has 1 fully saturated rings. The minimum absolute atomic E-state index is 0.145. The van der Waals surface area contributed by atoms with Crippen LogP contribution in [0.2, 0.25) is 0 Å². The van der Waals surface area contributed by atoms with Crippen molar-refractivity contribution in [3.05, 3.63) is 107 Å². The smallest absolute Gasteiger partial charge is 0.242 e. The third-order valence-electron chi connectivity index (χ3n) is 12.1. The van der Waals surface area contributed by atoms with Gasteiger partial charge in [0.25, 0.3) is 0 Å². The van der Waals surface area contributed by atoms with Gasteiger partial charge in [-0.05, 0) is 88.2 Å². The molecule has 0 radical (unpaired) electrons. The molecular formula is C47H59N7O8. The molecule has 3 heterocycles. The number of carbonyl (C=O) groups excluding carboxylic acids is 4. The number of ketones is 2. The summed E-state index contributed by atoms with van der Waals surface area (Å²) < 4.78 is 13.2. The molecule has 15 nitrogen and oxygen atoms in total. The fourth-order valence-electron chi connectivity index (χ4n) is 8.50. The first kappa shape index (κ1) is 45.8. The van der Waals surface area contributed by atoms with E-state index in [2.05, 4.69) is 25.9 Å². The zero-order valence-electron chi connectivity index (χ0n) is 36.3. The Morgan fingerprint density at radius 3 is 2.34 bits per heavy atom. The monoisotopic (exact) mass is 849 g/mol.